The van der Waals surface area contributed by atoms with Crippen molar-refractivity contribution in [1.82, 2.24) is 19.8 Å². The maximum atomic E-state index is 12.0. The molecule has 1 atom stereocenters. The molecule has 0 radical (unpaired) electrons. The van der Waals surface area contributed by atoms with Crippen LogP contribution in [0.4, 0.5) is 0 Å². The number of hydrogen-bond acceptors (Lipinski definition) is 5. The van der Waals surface area contributed by atoms with E-state index in [0.717, 1.165) is 29.6 Å². The van der Waals surface area contributed by atoms with Crippen molar-refractivity contribution < 1.29 is 14.7 Å². The summed E-state index contributed by atoms with van der Waals surface area (Å²) in [6.07, 6.45) is 2.99. The molecule has 0 aliphatic heterocycles. The van der Waals surface area contributed by atoms with E-state index in [-0.39, 0.29) is 5.91 Å². The number of nitrogens with one attached hydrogen (secondary N) is 2. The number of nitrogens with zero attached hydrogens (tertiary/aromatic N) is 3. The molecule has 2 aromatic carbocycles. The van der Waals surface area contributed by atoms with Gasteiger partial charge < -0.3 is 30.6 Å². The van der Waals surface area contributed by atoms with Crippen LogP contribution in [0.25, 0.3) is 17.1 Å². The zero-order chi connectivity index (χ0) is 24.7. The topological polar surface area (TPSA) is 129 Å². The van der Waals surface area contributed by atoms with E-state index in [0.29, 0.717) is 29.8 Å². The quantitative estimate of drug-likeness (QED) is 0.341. The van der Waals surface area contributed by atoms with E-state index < -0.39 is 12.1 Å². The van der Waals surface area contributed by atoms with Crippen LogP contribution < -0.4 is 16.7 Å². The molecule has 3 aromatic rings. The first-order valence-electron chi connectivity index (χ1n) is 11.2. The number of amides is 2. The summed E-state index contributed by atoms with van der Waals surface area (Å²) in [5.41, 5.74) is 9.28. The lowest BCUT2D eigenvalue weighted by molar-refractivity contribution is -0.116. The van der Waals surface area contributed by atoms with Crippen molar-refractivity contribution in [3.8, 4) is 0 Å². The highest BCUT2D eigenvalue weighted by Gasteiger charge is 2.11. The Morgan fingerprint density at radius 2 is 2.06 bits per heavy atom. The normalized spacial score (nSPS) is 13.1. The largest absolute Gasteiger partial charge is 0.368 e. The summed E-state index contributed by atoms with van der Waals surface area (Å²) in [7, 11) is 3.91. The molecule has 1 heterocycles. The van der Waals surface area contributed by atoms with E-state index in [1.54, 1.807) is 24.3 Å². The minimum Gasteiger partial charge on any atom is -0.368 e. The monoisotopic (exact) mass is 464 g/mol. The first-order chi connectivity index (χ1) is 16.3. The summed E-state index contributed by atoms with van der Waals surface area (Å²) in [6, 6.07) is 12.3. The second-order valence-electron chi connectivity index (χ2n) is 8.30. The van der Waals surface area contributed by atoms with Crippen molar-refractivity contribution in [3.05, 3.63) is 70.8 Å². The number of fused-ring (bicyclic) bond motifs is 1. The van der Waals surface area contributed by atoms with Crippen molar-refractivity contribution in [2.75, 3.05) is 27.2 Å². The number of rotatable bonds is 10. The van der Waals surface area contributed by atoms with Gasteiger partial charge in [-0.05, 0) is 56.4 Å². The predicted octanol–water partition coefficient (Wildman–Crippen LogP) is 1.76. The number of aliphatic hydroxyl groups is 1. The molecule has 0 bridgehead atoms. The number of aromatic amines is 1. The van der Waals surface area contributed by atoms with Gasteiger partial charge in [0.2, 0.25) is 17.4 Å². The SMILES string of the molecule is CCCn1/c(=N/C(O)c2cccc(C(N)=O)c2)[nH]c2cc(/C=C/C(=O)NCCN(C)C)ccc21. The van der Waals surface area contributed by atoms with Crippen LogP contribution in [0.3, 0.4) is 0 Å². The van der Waals surface area contributed by atoms with Gasteiger partial charge in [0.15, 0.2) is 6.23 Å². The molecule has 1 unspecified atom stereocenters. The molecule has 0 saturated carbocycles. The minimum absolute atomic E-state index is 0.147. The molecule has 180 valence electrons. The van der Waals surface area contributed by atoms with E-state index in [1.165, 1.54) is 12.1 Å². The third kappa shape index (κ3) is 6.43. The number of imidazole rings is 1. The van der Waals surface area contributed by atoms with Gasteiger partial charge in [0.1, 0.15) is 0 Å². The second kappa shape index (κ2) is 11.4. The zero-order valence-electron chi connectivity index (χ0n) is 19.8. The Kier molecular flexibility index (Phi) is 8.39. The average Bonchev–Trinajstić information content (AvgIpc) is 3.13. The Morgan fingerprint density at radius 3 is 2.76 bits per heavy atom. The maximum absolute atomic E-state index is 12.0. The van der Waals surface area contributed by atoms with Crippen LogP contribution >= 0.6 is 0 Å². The molecule has 2 amide bonds. The number of benzene rings is 2. The highest BCUT2D eigenvalue weighted by atomic mass is 16.3. The van der Waals surface area contributed by atoms with Gasteiger partial charge in [0, 0.05) is 36.8 Å². The number of nitrogens with two attached hydrogens (primary N) is 1. The van der Waals surface area contributed by atoms with Crippen LogP contribution in [0.2, 0.25) is 0 Å². The van der Waals surface area contributed by atoms with Crippen LogP contribution in [0, 0.1) is 0 Å². The van der Waals surface area contributed by atoms with Gasteiger partial charge in [-0.3, -0.25) is 9.59 Å². The van der Waals surface area contributed by atoms with E-state index in [9.17, 15) is 14.7 Å². The number of H-pyrrole nitrogens is 1. The number of aromatic nitrogens is 2. The van der Waals surface area contributed by atoms with Gasteiger partial charge in [0.05, 0.1) is 11.0 Å². The summed E-state index contributed by atoms with van der Waals surface area (Å²) < 4.78 is 2.00. The molecule has 0 fully saturated rings. The molecule has 0 spiro atoms. The Hall–Kier alpha value is -3.69. The first kappa shape index (κ1) is 24.9. The van der Waals surface area contributed by atoms with Crippen LogP contribution in [-0.2, 0) is 11.3 Å². The van der Waals surface area contributed by atoms with E-state index in [4.69, 9.17) is 5.73 Å². The number of carbonyl (C=O) groups is 2. The van der Waals surface area contributed by atoms with E-state index in [1.807, 2.05) is 41.8 Å². The molecule has 9 nitrogen and oxygen atoms in total. The van der Waals surface area contributed by atoms with E-state index >= 15 is 0 Å². The molecule has 0 saturated heterocycles. The molecule has 3 rings (SSSR count). The van der Waals surface area contributed by atoms with Crippen molar-refractivity contribution >= 4 is 28.9 Å². The van der Waals surface area contributed by atoms with Crippen molar-refractivity contribution in [1.29, 1.82) is 0 Å². The van der Waals surface area contributed by atoms with Crippen LogP contribution in [0.5, 0.6) is 0 Å². The summed E-state index contributed by atoms with van der Waals surface area (Å²) >= 11 is 0. The Balaban J connectivity index is 1.88. The Bertz CT molecular complexity index is 1260. The van der Waals surface area contributed by atoms with Gasteiger partial charge in [-0.15, -0.1) is 0 Å². The number of aryl methyl sites for hydroxylation is 1. The zero-order valence-corrected chi connectivity index (χ0v) is 19.8. The molecule has 9 heteroatoms. The molecule has 34 heavy (non-hydrogen) atoms. The van der Waals surface area contributed by atoms with Crippen LogP contribution in [0.15, 0.2) is 53.5 Å². The lowest BCUT2D eigenvalue weighted by atomic mass is 10.1. The smallest absolute Gasteiger partial charge is 0.248 e. The average molecular weight is 465 g/mol. The molecule has 0 aliphatic carbocycles. The number of aliphatic hydroxyl groups excluding tert-OH is 1. The van der Waals surface area contributed by atoms with Crippen molar-refractivity contribution in [2.45, 2.75) is 26.1 Å². The molecular weight excluding hydrogens is 432 g/mol. The lowest BCUT2D eigenvalue weighted by Crippen LogP contribution is -2.30. The van der Waals surface area contributed by atoms with Crippen LogP contribution in [0.1, 0.15) is 41.1 Å². The standard InChI is InChI=1S/C25H32N6O3/c1-4-13-31-21-10-8-17(9-11-22(32)27-12-14-30(2)3)15-20(21)28-25(31)29-24(34)19-7-5-6-18(16-19)23(26)33/h5-11,15-16,24,34H,4,12-14H2,1-3H3,(H2,26,33)(H,27,32)(H,28,29)/b11-9+. The molecule has 5 N–H and O–H groups in total. The van der Waals surface area contributed by atoms with Crippen molar-refractivity contribution in [2.24, 2.45) is 10.7 Å². The molecule has 1 aromatic heterocycles. The summed E-state index contributed by atoms with van der Waals surface area (Å²) in [4.78, 5) is 33.2. The molecular formula is C25H32N6O3. The maximum Gasteiger partial charge on any atom is 0.248 e. The van der Waals surface area contributed by atoms with Gasteiger partial charge in [-0.2, -0.15) is 0 Å². The Labute approximate surface area is 198 Å². The van der Waals surface area contributed by atoms with Crippen molar-refractivity contribution in [3.63, 3.8) is 0 Å². The summed E-state index contributed by atoms with van der Waals surface area (Å²) in [6.45, 7) is 4.12. The Morgan fingerprint density at radius 1 is 1.26 bits per heavy atom. The number of hydrogen-bond donors (Lipinski definition) is 4. The first-order valence-corrected chi connectivity index (χ1v) is 11.2. The molecule has 0 aliphatic rings. The summed E-state index contributed by atoms with van der Waals surface area (Å²) in [5.74, 6) is -0.709. The van der Waals surface area contributed by atoms with Gasteiger partial charge in [-0.1, -0.05) is 25.1 Å². The van der Waals surface area contributed by atoms with Crippen LogP contribution in [-0.4, -0.2) is 58.6 Å². The number of likely N-dealkylation sites (N-methyl/N-ethyl adjacent to an activating group) is 1. The summed E-state index contributed by atoms with van der Waals surface area (Å²) in [5, 5.41) is 13.5. The third-order valence-electron chi connectivity index (χ3n) is 5.26. The van der Waals surface area contributed by atoms with Gasteiger partial charge >= 0.3 is 0 Å². The highest BCUT2D eigenvalue weighted by molar-refractivity contribution is 5.93. The number of carbonyl (C=O) groups excluding carboxylic acids is 2. The fraction of sp³-hybridized carbons (Fsp3) is 0.320. The lowest BCUT2D eigenvalue weighted by Gasteiger charge is -2.08. The number of primary amides is 1. The third-order valence-corrected chi connectivity index (χ3v) is 5.26. The van der Waals surface area contributed by atoms with Gasteiger partial charge in [-0.25, -0.2) is 4.99 Å². The second-order valence-corrected chi connectivity index (χ2v) is 8.30. The van der Waals surface area contributed by atoms with Gasteiger partial charge in [0.25, 0.3) is 0 Å². The minimum atomic E-state index is -1.17. The fourth-order valence-corrected chi connectivity index (χ4v) is 3.52. The van der Waals surface area contributed by atoms with E-state index in [2.05, 4.69) is 22.2 Å². The highest BCUT2D eigenvalue weighted by Crippen LogP contribution is 2.17. The fourth-order valence-electron chi connectivity index (χ4n) is 3.52. The predicted molar refractivity (Wildman–Crippen MR) is 133 cm³/mol.